The quantitative estimate of drug-likeness (QED) is 0.623. The van der Waals surface area contributed by atoms with Crippen LogP contribution in [0.25, 0.3) is 0 Å². The van der Waals surface area contributed by atoms with Gasteiger partial charge in [0.15, 0.2) is 0 Å². The van der Waals surface area contributed by atoms with Crippen molar-refractivity contribution in [3.05, 3.63) is 100 Å². The minimum absolute atomic E-state index is 0.369. The van der Waals surface area contributed by atoms with Gasteiger partial charge in [-0.1, -0.05) is 60.2 Å². The molecule has 1 aliphatic heterocycles. The molecule has 4 rings (SSSR count). The van der Waals surface area contributed by atoms with E-state index in [-0.39, 0.29) is 5.97 Å². The first-order valence-corrected chi connectivity index (χ1v) is 8.66. The van der Waals surface area contributed by atoms with E-state index >= 15 is 0 Å². The number of fused-ring (bicyclic) bond motifs is 1. The number of esters is 1. The Labute approximate surface area is 153 Å². The smallest absolute Gasteiger partial charge is 0.342 e. The number of carbonyl (C=O) groups is 1. The first-order valence-electron chi connectivity index (χ1n) is 8.66. The van der Waals surface area contributed by atoms with E-state index < -0.39 is 5.79 Å². The van der Waals surface area contributed by atoms with Crippen molar-refractivity contribution in [1.29, 1.82) is 0 Å². The van der Waals surface area contributed by atoms with Gasteiger partial charge >= 0.3 is 11.8 Å². The van der Waals surface area contributed by atoms with E-state index in [1.165, 1.54) is 5.56 Å². The summed E-state index contributed by atoms with van der Waals surface area (Å²) in [6.07, 6.45) is 0. The van der Waals surface area contributed by atoms with Crippen LogP contribution >= 0.6 is 0 Å². The van der Waals surface area contributed by atoms with Crippen LogP contribution in [0.5, 0.6) is 5.75 Å². The predicted molar refractivity (Wildman–Crippen MR) is 100 cm³/mol. The molecule has 3 aromatic carbocycles. The van der Waals surface area contributed by atoms with Crippen LogP contribution in [-0.2, 0) is 10.5 Å². The molecule has 1 aliphatic rings. The molecule has 0 radical (unpaired) electrons. The number of benzene rings is 3. The molecule has 1 heterocycles. The molecule has 0 amide bonds. The Morgan fingerprint density at radius 3 is 2.15 bits per heavy atom. The molecule has 0 saturated carbocycles. The van der Waals surface area contributed by atoms with Gasteiger partial charge in [-0.2, -0.15) is 0 Å². The van der Waals surface area contributed by atoms with Crippen LogP contribution in [-0.4, -0.2) is 5.97 Å². The number of hydrogen-bond acceptors (Lipinski definition) is 3. The zero-order valence-corrected chi connectivity index (χ0v) is 15.1. The van der Waals surface area contributed by atoms with Crippen LogP contribution < -0.4 is 4.74 Å². The highest BCUT2D eigenvalue weighted by Gasteiger charge is 2.49. The zero-order chi connectivity index (χ0) is 18.3. The normalized spacial score (nSPS) is 18.3. The van der Waals surface area contributed by atoms with Gasteiger partial charge in [0.25, 0.3) is 0 Å². The van der Waals surface area contributed by atoms with Crippen molar-refractivity contribution in [2.24, 2.45) is 0 Å². The Hall–Kier alpha value is -3.07. The van der Waals surface area contributed by atoms with Crippen molar-refractivity contribution >= 4 is 5.97 Å². The summed E-state index contributed by atoms with van der Waals surface area (Å²) in [5.74, 6) is -0.907. The van der Waals surface area contributed by atoms with Gasteiger partial charge in [0.2, 0.25) is 0 Å². The number of hydrogen-bond donors (Lipinski definition) is 0. The number of carbonyl (C=O) groups excluding carboxylic acids is 1. The van der Waals surface area contributed by atoms with Crippen molar-refractivity contribution in [3.8, 4) is 5.75 Å². The highest BCUT2D eigenvalue weighted by atomic mass is 16.7. The van der Waals surface area contributed by atoms with Gasteiger partial charge in [0.1, 0.15) is 5.75 Å². The summed E-state index contributed by atoms with van der Waals surface area (Å²) in [5, 5.41) is 0. The maximum absolute atomic E-state index is 12.6. The summed E-state index contributed by atoms with van der Waals surface area (Å²) in [5.41, 5.74) is 5.26. The third-order valence-corrected chi connectivity index (χ3v) is 4.74. The Morgan fingerprint density at radius 2 is 1.46 bits per heavy atom. The predicted octanol–water partition coefficient (Wildman–Crippen LogP) is 5.06. The Bertz CT molecular complexity index is 968. The number of rotatable bonds is 3. The van der Waals surface area contributed by atoms with E-state index in [1.807, 2.05) is 62.4 Å². The summed E-state index contributed by atoms with van der Waals surface area (Å²) in [4.78, 5) is 12.6. The van der Waals surface area contributed by atoms with Crippen molar-refractivity contribution < 1.29 is 14.3 Å². The largest absolute Gasteiger partial charge is 0.444 e. The highest BCUT2D eigenvalue weighted by molar-refractivity contribution is 5.95. The van der Waals surface area contributed by atoms with E-state index in [2.05, 4.69) is 19.1 Å². The lowest BCUT2D eigenvalue weighted by atomic mass is 9.95. The van der Waals surface area contributed by atoms with Gasteiger partial charge in [0.05, 0.1) is 11.1 Å². The SMILES string of the molecule is Cc1cc(C)c(O[C@@]2(c3ccccc3)OC(=O)c3ccccc32)c(C)c1. The van der Waals surface area contributed by atoms with Crippen LogP contribution in [0.2, 0.25) is 0 Å². The molecule has 1 atom stereocenters. The highest BCUT2D eigenvalue weighted by Crippen LogP contribution is 2.44. The first kappa shape index (κ1) is 16.4. The van der Waals surface area contributed by atoms with E-state index in [4.69, 9.17) is 9.47 Å². The van der Waals surface area contributed by atoms with E-state index in [1.54, 1.807) is 6.07 Å². The van der Waals surface area contributed by atoms with Crippen molar-refractivity contribution in [2.75, 3.05) is 0 Å². The van der Waals surface area contributed by atoms with Gasteiger partial charge in [-0.05, 0) is 44.0 Å². The minimum Gasteiger partial charge on any atom is -0.444 e. The Kier molecular flexibility index (Phi) is 3.80. The Morgan fingerprint density at radius 1 is 0.846 bits per heavy atom. The summed E-state index contributed by atoms with van der Waals surface area (Å²) in [6, 6.07) is 21.2. The molecule has 0 bridgehead atoms. The van der Waals surface area contributed by atoms with Crippen molar-refractivity contribution in [2.45, 2.75) is 26.6 Å². The third kappa shape index (κ3) is 2.48. The molecule has 0 N–H and O–H groups in total. The van der Waals surface area contributed by atoms with Crippen LogP contribution in [0.15, 0.2) is 66.7 Å². The van der Waals surface area contributed by atoms with Gasteiger partial charge in [-0.15, -0.1) is 0 Å². The molecule has 0 unspecified atom stereocenters. The van der Waals surface area contributed by atoms with E-state index in [9.17, 15) is 4.79 Å². The second-order valence-corrected chi connectivity index (χ2v) is 6.75. The molecule has 3 nitrogen and oxygen atoms in total. The van der Waals surface area contributed by atoms with Gasteiger partial charge in [-0.25, -0.2) is 4.79 Å². The fourth-order valence-electron chi connectivity index (χ4n) is 3.67. The lowest BCUT2D eigenvalue weighted by Gasteiger charge is -2.31. The van der Waals surface area contributed by atoms with E-state index in [0.717, 1.165) is 28.0 Å². The maximum atomic E-state index is 12.6. The second-order valence-electron chi connectivity index (χ2n) is 6.75. The second kappa shape index (κ2) is 6.03. The number of aryl methyl sites for hydroxylation is 3. The Balaban J connectivity index is 1.94. The average molecular weight is 344 g/mol. The number of ether oxygens (including phenoxy) is 2. The molecule has 0 aliphatic carbocycles. The van der Waals surface area contributed by atoms with Crippen LogP contribution in [0, 0.1) is 20.8 Å². The summed E-state index contributed by atoms with van der Waals surface area (Å²) >= 11 is 0. The molecule has 130 valence electrons. The molecule has 0 fully saturated rings. The first-order chi connectivity index (χ1) is 12.5. The van der Waals surface area contributed by atoms with Gasteiger partial charge < -0.3 is 9.47 Å². The van der Waals surface area contributed by atoms with E-state index in [0.29, 0.717) is 5.56 Å². The average Bonchev–Trinajstić information content (AvgIpc) is 2.92. The molecule has 0 aromatic heterocycles. The maximum Gasteiger partial charge on any atom is 0.342 e. The monoisotopic (exact) mass is 344 g/mol. The lowest BCUT2D eigenvalue weighted by Crippen LogP contribution is -2.35. The van der Waals surface area contributed by atoms with Crippen molar-refractivity contribution in [1.82, 2.24) is 0 Å². The molecule has 3 aromatic rings. The topological polar surface area (TPSA) is 35.5 Å². The molecule has 3 heteroatoms. The zero-order valence-electron chi connectivity index (χ0n) is 15.1. The summed E-state index contributed by atoms with van der Waals surface area (Å²) < 4.78 is 12.4. The fourth-order valence-corrected chi connectivity index (χ4v) is 3.67. The molecular weight excluding hydrogens is 324 g/mol. The van der Waals surface area contributed by atoms with Crippen LogP contribution in [0.1, 0.15) is 38.2 Å². The molecule has 26 heavy (non-hydrogen) atoms. The van der Waals surface area contributed by atoms with Crippen LogP contribution in [0.4, 0.5) is 0 Å². The molecular formula is C23H20O3. The summed E-state index contributed by atoms with van der Waals surface area (Å²) in [6.45, 7) is 6.08. The summed E-state index contributed by atoms with van der Waals surface area (Å²) in [7, 11) is 0. The lowest BCUT2D eigenvalue weighted by molar-refractivity contribution is -0.109. The fraction of sp³-hybridized carbons (Fsp3) is 0.174. The van der Waals surface area contributed by atoms with Crippen LogP contribution in [0.3, 0.4) is 0 Å². The number of cyclic esters (lactones) is 1. The van der Waals surface area contributed by atoms with Gasteiger partial charge in [0, 0.05) is 5.56 Å². The van der Waals surface area contributed by atoms with Crippen molar-refractivity contribution in [3.63, 3.8) is 0 Å². The standard InChI is InChI=1S/C23H20O3/c1-15-13-16(2)21(17(3)14-15)25-23(18-9-5-4-6-10-18)20-12-8-7-11-19(20)22(24)26-23/h4-14H,1-3H3/t23-/m0/s1. The molecule has 0 saturated heterocycles. The van der Waals surface area contributed by atoms with Gasteiger partial charge in [-0.3, -0.25) is 0 Å². The molecule has 0 spiro atoms. The third-order valence-electron chi connectivity index (χ3n) is 4.74. The minimum atomic E-state index is -1.28.